The first-order valence-electron chi connectivity index (χ1n) is 10.7. The number of hydrazone groups is 1. The lowest BCUT2D eigenvalue weighted by molar-refractivity contribution is -0.119. The van der Waals surface area contributed by atoms with Gasteiger partial charge in [-0.3, -0.25) is 9.10 Å². The van der Waals surface area contributed by atoms with Crippen LogP contribution < -0.4 is 14.5 Å². The number of anilines is 1. The molecule has 2 aromatic carbocycles. The van der Waals surface area contributed by atoms with Crippen molar-refractivity contribution in [3.63, 3.8) is 0 Å². The minimum Gasteiger partial charge on any atom is -0.497 e. The normalized spacial score (nSPS) is 11.6. The van der Waals surface area contributed by atoms with E-state index in [1.54, 1.807) is 30.5 Å². The Morgan fingerprint density at radius 2 is 1.68 bits per heavy atom. The van der Waals surface area contributed by atoms with Gasteiger partial charge in [-0.05, 0) is 81.3 Å². The monoisotopic (exact) mass is 482 g/mol. The molecule has 0 saturated carbocycles. The third-order valence-electron chi connectivity index (χ3n) is 5.38. The van der Waals surface area contributed by atoms with Crippen molar-refractivity contribution in [2.75, 3.05) is 24.2 Å². The van der Waals surface area contributed by atoms with E-state index >= 15 is 0 Å². The molecule has 0 saturated heterocycles. The molecule has 0 aliphatic carbocycles. The molecule has 34 heavy (non-hydrogen) atoms. The zero-order valence-corrected chi connectivity index (χ0v) is 21.1. The van der Waals surface area contributed by atoms with Crippen LogP contribution in [-0.4, -0.2) is 45.0 Å². The first-order valence-corrected chi connectivity index (χ1v) is 12.6. The van der Waals surface area contributed by atoms with Gasteiger partial charge in [-0.25, -0.2) is 13.8 Å². The Morgan fingerprint density at radius 3 is 2.24 bits per heavy atom. The van der Waals surface area contributed by atoms with Crippen LogP contribution in [-0.2, 0) is 14.8 Å². The molecule has 1 heterocycles. The van der Waals surface area contributed by atoms with Crippen LogP contribution >= 0.6 is 0 Å². The van der Waals surface area contributed by atoms with Crippen molar-refractivity contribution in [2.45, 2.75) is 27.7 Å². The van der Waals surface area contributed by atoms with Gasteiger partial charge in [0.05, 0.1) is 25.3 Å². The Kier molecular flexibility index (Phi) is 7.46. The summed E-state index contributed by atoms with van der Waals surface area (Å²) in [5.41, 5.74) is 9.09. The Balaban J connectivity index is 1.75. The van der Waals surface area contributed by atoms with Gasteiger partial charge >= 0.3 is 0 Å². The number of amides is 1. The fraction of sp³-hybridized carbons (Fsp3) is 0.280. The molecule has 1 N–H and O–H groups in total. The number of aryl methyl sites for hydroxylation is 3. The molecule has 1 aromatic heterocycles. The maximum absolute atomic E-state index is 12.5. The summed E-state index contributed by atoms with van der Waals surface area (Å²) in [4.78, 5) is 12.5. The molecule has 3 rings (SSSR count). The lowest BCUT2D eigenvalue weighted by Gasteiger charge is -2.21. The number of hydrogen-bond donors (Lipinski definition) is 1. The van der Waals surface area contributed by atoms with Crippen molar-refractivity contribution < 1.29 is 17.9 Å². The molecule has 0 atom stereocenters. The summed E-state index contributed by atoms with van der Waals surface area (Å²) in [5, 5.41) is 4.06. The molecule has 0 fully saturated rings. The number of nitrogens with one attached hydrogen (secondary N) is 1. The number of carbonyl (C=O) groups is 1. The summed E-state index contributed by atoms with van der Waals surface area (Å²) in [6, 6.07) is 14.8. The van der Waals surface area contributed by atoms with E-state index < -0.39 is 22.5 Å². The van der Waals surface area contributed by atoms with Gasteiger partial charge in [0.1, 0.15) is 12.3 Å². The van der Waals surface area contributed by atoms with Crippen molar-refractivity contribution in [2.24, 2.45) is 5.10 Å². The average Bonchev–Trinajstić information content (AvgIpc) is 3.03. The molecule has 8 nitrogen and oxygen atoms in total. The van der Waals surface area contributed by atoms with Crippen LogP contribution in [0.2, 0.25) is 0 Å². The molecule has 0 unspecified atom stereocenters. The Hall–Kier alpha value is -3.59. The number of hydrogen-bond acceptors (Lipinski definition) is 5. The van der Waals surface area contributed by atoms with E-state index in [0.717, 1.165) is 33.2 Å². The highest BCUT2D eigenvalue weighted by Crippen LogP contribution is 2.23. The quantitative estimate of drug-likeness (QED) is 0.392. The maximum atomic E-state index is 12.5. The van der Waals surface area contributed by atoms with Crippen LogP contribution in [0.25, 0.3) is 5.69 Å². The summed E-state index contributed by atoms with van der Waals surface area (Å²) < 4.78 is 32.8. The zero-order valence-electron chi connectivity index (χ0n) is 20.3. The smallest absolute Gasteiger partial charge is 0.260 e. The van der Waals surface area contributed by atoms with Crippen LogP contribution in [0.3, 0.4) is 0 Å². The Morgan fingerprint density at radius 1 is 1.06 bits per heavy atom. The number of rotatable bonds is 8. The predicted octanol–water partition coefficient (Wildman–Crippen LogP) is 3.64. The van der Waals surface area contributed by atoms with E-state index in [4.69, 9.17) is 4.74 Å². The van der Waals surface area contributed by atoms with Crippen molar-refractivity contribution in [1.82, 2.24) is 9.99 Å². The van der Waals surface area contributed by atoms with Gasteiger partial charge < -0.3 is 9.30 Å². The number of nitrogens with zero attached hydrogens (tertiary/aromatic N) is 3. The van der Waals surface area contributed by atoms with Crippen LogP contribution in [0.15, 0.2) is 53.6 Å². The number of carbonyl (C=O) groups excluding carboxylic acids is 1. The van der Waals surface area contributed by atoms with Crippen molar-refractivity contribution >= 4 is 27.8 Å². The first kappa shape index (κ1) is 25.0. The number of methoxy groups -OCH3 is 1. The van der Waals surface area contributed by atoms with Crippen LogP contribution in [0.5, 0.6) is 5.75 Å². The second-order valence-electron chi connectivity index (χ2n) is 8.27. The third kappa shape index (κ3) is 5.85. The zero-order chi connectivity index (χ0) is 25.0. The SMILES string of the molecule is COc1ccc(N(CC(=O)N/N=C/c2cc(C)n(-c3cc(C)cc(C)c3)c2C)S(C)(=O)=O)cc1. The maximum Gasteiger partial charge on any atom is 0.260 e. The average molecular weight is 483 g/mol. The van der Waals surface area contributed by atoms with Crippen molar-refractivity contribution in [3.8, 4) is 11.4 Å². The summed E-state index contributed by atoms with van der Waals surface area (Å²) in [6.45, 7) is 7.73. The number of benzene rings is 2. The van der Waals surface area contributed by atoms with Gasteiger partial charge in [-0.15, -0.1) is 0 Å². The molecule has 9 heteroatoms. The molecule has 0 radical (unpaired) electrons. The molecule has 1 amide bonds. The molecule has 180 valence electrons. The van der Waals surface area contributed by atoms with Crippen LogP contribution in [0, 0.1) is 27.7 Å². The van der Waals surface area contributed by atoms with Gasteiger partial charge in [0.15, 0.2) is 0 Å². The Bertz CT molecular complexity index is 1310. The first-order chi connectivity index (χ1) is 16.0. The summed E-state index contributed by atoms with van der Waals surface area (Å²) in [7, 11) is -2.16. The molecule has 0 aliphatic rings. The van der Waals surface area contributed by atoms with Gasteiger partial charge in [0.2, 0.25) is 10.0 Å². The van der Waals surface area contributed by atoms with E-state index in [9.17, 15) is 13.2 Å². The highest BCUT2D eigenvalue weighted by Gasteiger charge is 2.21. The van der Waals surface area contributed by atoms with Gasteiger partial charge in [-0.2, -0.15) is 5.10 Å². The summed E-state index contributed by atoms with van der Waals surface area (Å²) in [6.07, 6.45) is 2.62. The van der Waals surface area contributed by atoms with Crippen molar-refractivity contribution in [3.05, 3.63) is 76.6 Å². The summed E-state index contributed by atoms with van der Waals surface area (Å²) >= 11 is 0. The van der Waals surface area contributed by atoms with Crippen LogP contribution in [0.1, 0.15) is 28.1 Å². The van der Waals surface area contributed by atoms with E-state index in [-0.39, 0.29) is 0 Å². The third-order valence-corrected chi connectivity index (χ3v) is 6.52. The lowest BCUT2D eigenvalue weighted by Crippen LogP contribution is -2.39. The molecule has 3 aromatic rings. The second kappa shape index (κ2) is 10.1. The minimum absolute atomic E-state index is 0.361. The van der Waals surface area contributed by atoms with E-state index in [0.29, 0.717) is 11.4 Å². The van der Waals surface area contributed by atoms with Gasteiger partial charge in [-0.1, -0.05) is 6.07 Å². The number of ether oxygens (including phenoxy) is 1. The molecule has 0 bridgehead atoms. The second-order valence-corrected chi connectivity index (χ2v) is 10.2. The summed E-state index contributed by atoms with van der Waals surface area (Å²) in [5.74, 6) is 0.0327. The van der Waals surface area contributed by atoms with E-state index in [1.807, 2.05) is 19.9 Å². The number of aromatic nitrogens is 1. The number of sulfonamides is 1. The van der Waals surface area contributed by atoms with Gasteiger partial charge in [0, 0.05) is 22.6 Å². The predicted molar refractivity (Wildman–Crippen MR) is 136 cm³/mol. The van der Waals surface area contributed by atoms with Crippen molar-refractivity contribution in [1.29, 1.82) is 0 Å². The molecular formula is C25H30N4O4S. The highest BCUT2D eigenvalue weighted by atomic mass is 32.2. The molecule has 0 spiro atoms. The lowest BCUT2D eigenvalue weighted by atomic mass is 10.1. The largest absolute Gasteiger partial charge is 0.497 e. The fourth-order valence-electron chi connectivity index (χ4n) is 3.88. The fourth-order valence-corrected chi connectivity index (χ4v) is 4.74. The standard InChI is InChI=1S/C25H30N4O4S/c1-17-11-18(2)13-23(12-17)29-19(3)14-21(20(29)4)15-26-27-25(30)16-28(34(6,31)32)22-7-9-24(33-5)10-8-22/h7-15H,16H2,1-6H3,(H,27,30)/b26-15+. The molecule has 0 aliphatic heterocycles. The highest BCUT2D eigenvalue weighted by molar-refractivity contribution is 7.92. The molecular weight excluding hydrogens is 452 g/mol. The topological polar surface area (TPSA) is 93.0 Å². The van der Waals surface area contributed by atoms with Gasteiger partial charge in [0.25, 0.3) is 5.91 Å². The Labute approximate surface area is 200 Å². The minimum atomic E-state index is -3.68. The van der Waals surface area contributed by atoms with Crippen LogP contribution in [0.4, 0.5) is 5.69 Å². The van der Waals surface area contributed by atoms with E-state index in [2.05, 4.69) is 47.1 Å². The van der Waals surface area contributed by atoms with E-state index in [1.165, 1.54) is 18.2 Å².